The Kier molecular flexibility index (Phi) is 4.39. The van der Waals surface area contributed by atoms with Crippen molar-refractivity contribution in [3.8, 4) is 0 Å². The Morgan fingerprint density at radius 3 is 1.81 bits per heavy atom. The van der Waals surface area contributed by atoms with Gasteiger partial charge in [-0.05, 0) is 12.2 Å². The summed E-state index contributed by atoms with van der Waals surface area (Å²) >= 11 is 0. The van der Waals surface area contributed by atoms with Crippen LogP contribution in [0.5, 0.6) is 0 Å². The molecule has 0 spiro atoms. The van der Waals surface area contributed by atoms with E-state index in [-0.39, 0.29) is 6.10 Å². The lowest BCUT2D eigenvalue weighted by Gasteiger charge is -2.44. The van der Waals surface area contributed by atoms with Crippen LogP contribution < -0.4 is 0 Å². The summed E-state index contributed by atoms with van der Waals surface area (Å²) in [5, 5.41) is 0. The van der Waals surface area contributed by atoms with Crippen LogP contribution in [0, 0.1) is 0 Å². The zero-order valence-electron chi connectivity index (χ0n) is 15.7. The molecule has 1 saturated heterocycles. The summed E-state index contributed by atoms with van der Waals surface area (Å²) in [6.45, 7) is 0. The molecule has 0 saturated carbocycles. The van der Waals surface area contributed by atoms with E-state index in [1.807, 2.05) is 12.1 Å². The summed E-state index contributed by atoms with van der Waals surface area (Å²) in [6, 6.07) is 17.8. The fraction of sp³-hybridized carbons (Fsp3) is 0.348. The number of carbonyl (C=O) groups excluding carboxylic acids is 1. The number of ether oxygens (including phenoxy) is 1. The number of alkyl halides is 1. The predicted molar refractivity (Wildman–Crippen MR) is 103 cm³/mol. The van der Waals surface area contributed by atoms with Gasteiger partial charge in [-0.15, -0.1) is 0 Å². The number of hydrogen-bond acceptors (Lipinski definition) is 2. The van der Waals surface area contributed by atoms with Crippen LogP contribution in [0.15, 0.2) is 72.8 Å². The number of carbonyl (C=O) groups is 1. The van der Waals surface area contributed by atoms with Crippen molar-refractivity contribution in [2.75, 3.05) is 14.1 Å². The largest absolute Gasteiger partial charge is 0.459 e. The highest BCUT2D eigenvalue weighted by Gasteiger charge is 2.50. The lowest BCUT2D eigenvalue weighted by Crippen LogP contribution is -2.57. The topological polar surface area (TPSA) is 26.3 Å². The monoisotopic (exact) mass is 366 g/mol. The maximum atomic E-state index is 16.3. The molecule has 0 N–H and O–H groups in total. The summed E-state index contributed by atoms with van der Waals surface area (Å²) in [5.41, 5.74) is -1.71. The molecule has 0 aliphatic carbocycles. The Morgan fingerprint density at radius 1 is 0.926 bits per heavy atom. The van der Waals surface area contributed by atoms with E-state index in [1.165, 1.54) is 0 Å². The van der Waals surface area contributed by atoms with Crippen molar-refractivity contribution in [2.24, 2.45) is 0 Å². The van der Waals surface area contributed by atoms with Gasteiger partial charge in [-0.2, -0.15) is 0 Å². The van der Waals surface area contributed by atoms with Gasteiger partial charge >= 0.3 is 5.97 Å². The highest BCUT2D eigenvalue weighted by Crippen LogP contribution is 2.39. The fourth-order valence-electron chi connectivity index (χ4n) is 4.35. The van der Waals surface area contributed by atoms with Crippen molar-refractivity contribution in [1.29, 1.82) is 0 Å². The molecule has 1 fully saturated rings. The first kappa shape index (κ1) is 17.9. The van der Waals surface area contributed by atoms with Gasteiger partial charge in [0.05, 0.1) is 14.1 Å². The first-order chi connectivity index (χ1) is 12.9. The van der Waals surface area contributed by atoms with Gasteiger partial charge in [0.1, 0.15) is 18.2 Å². The van der Waals surface area contributed by atoms with Gasteiger partial charge in [-0.25, -0.2) is 9.18 Å². The maximum Gasteiger partial charge on any atom is 0.353 e. The molecule has 0 amide bonds. The van der Waals surface area contributed by atoms with Crippen LogP contribution in [0.4, 0.5) is 4.39 Å². The van der Waals surface area contributed by atoms with Crippen molar-refractivity contribution in [3.05, 3.63) is 83.9 Å². The molecule has 2 bridgehead atoms. The fourth-order valence-corrected chi connectivity index (χ4v) is 4.35. The Morgan fingerprint density at radius 2 is 1.37 bits per heavy atom. The minimum atomic E-state index is -2.31. The van der Waals surface area contributed by atoms with E-state index >= 15 is 4.39 Å². The normalized spacial score (nSPS) is 26.0. The third-order valence-corrected chi connectivity index (χ3v) is 6.17. The average Bonchev–Trinajstić information content (AvgIpc) is 2.86. The van der Waals surface area contributed by atoms with Crippen molar-refractivity contribution in [3.63, 3.8) is 0 Å². The van der Waals surface area contributed by atoms with Crippen LogP contribution in [0.3, 0.4) is 0 Å². The number of fused-ring (bicyclic) bond motifs is 2. The van der Waals surface area contributed by atoms with E-state index in [2.05, 4.69) is 26.2 Å². The van der Waals surface area contributed by atoms with E-state index in [4.69, 9.17) is 4.74 Å². The van der Waals surface area contributed by atoms with Crippen molar-refractivity contribution < 1.29 is 18.4 Å². The smallest absolute Gasteiger partial charge is 0.353 e. The van der Waals surface area contributed by atoms with Crippen LogP contribution in [-0.2, 0) is 15.2 Å². The summed E-state index contributed by atoms with van der Waals surface area (Å²) in [6.07, 6.45) is 5.60. The number of quaternary nitrogens is 1. The van der Waals surface area contributed by atoms with E-state index in [0.717, 1.165) is 17.3 Å². The number of rotatable bonds is 4. The molecular formula is C23H25FNO2+. The summed E-state index contributed by atoms with van der Waals surface area (Å²) in [5.74, 6) is -0.823. The van der Waals surface area contributed by atoms with Crippen LogP contribution in [0.2, 0.25) is 0 Å². The average molecular weight is 366 g/mol. The van der Waals surface area contributed by atoms with Crippen LogP contribution in [-0.4, -0.2) is 42.7 Å². The van der Waals surface area contributed by atoms with Crippen LogP contribution in [0.1, 0.15) is 24.0 Å². The third kappa shape index (κ3) is 2.98. The van der Waals surface area contributed by atoms with Gasteiger partial charge < -0.3 is 9.22 Å². The van der Waals surface area contributed by atoms with Crippen molar-refractivity contribution in [1.82, 2.24) is 0 Å². The standard InChI is InChI=1S/C23H25FNO2/c1-25(2)19-13-14-20(25)16-21(15-19)27-22(26)23(24,17-9-5-3-6-10-17)18-11-7-4-8-12-18/h3-14,19-21H,15-16H2,1-2H3/q+1. The van der Waals surface area contributed by atoms with Gasteiger partial charge in [-0.3, -0.25) is 0 Å². The number of benzene rings is 2. The molecule has 4 heteroatoms. The Hall–Kier alpha value is -2.46. The quantitative estimate of drug-likeness (QED) is 0.465. The molecule has 3 nitrogen and oxygen atoms in total. The maximum absolute atomic E-state index is 16.3. The second-order valence-electron chi connectivity index (χ2n) is 8.04. The molecule has 27 heavy (non-hydrogen) atoms. The minimum Gasteiger partial charge on any atom is -0.459 e. The van der Waals surface area contributed by atoms with Gasteiger partial charge in [0.2, 0.25) is 0 Å². The zero-order valence-corrected chi connectivity index (χ0v) is 15.7. The summed E-state index contributed by atoms with van der Waals surface area (Å²) < 4.78 is 22.9. The van der Waals surface area contributed by atoms with Gasteiger partial charge in [0, 0.05) is 24.0 Å². The Balaban J connectivity index is 1.61. The molecule has 2 aliphatic rings. The minimum absolute atomic E-state index is 0.267. The SMILES string of the molecule is C[N+]1(C)C2C=CC1CC(OC(=O)C(F)(c1ccccc1)c1ccccc1)C2. The molecule has 2 aromatic rings. The molecule has 140 valence electrons. The van der Waals surface area contributed by atoms with E-state index in [9.17, 15) is 4.79 Å². The molecule has 2 atom stereocenters. The summed E-state index contributed by atoms with van der Waals surface area (Å²) in [7, 11) is 4.39. The predicted octanol–water partition coefficient (Wildman–Crippen LogP) is 3.99. The van der Waals surface area contributed by atoms with Crippen LogP contribution >= 0.6 is 0 Å². The molecule has 0 aromatic heterocycles. The van der Waals surface area contributed by atoms with E-state index in [0.29, 0.717) is 23.2 Å². The molecule has 2 aromatic carbocycles. The first-order valence-electron chi connectivity index (χ1n) is 9.45. The molecule has 4 rings (SSSR count). The second-order valence-corrected chi connectivity index (χ2v) is 8.04. The number of nitrogens with zero attached hydrogens (tertiary/aromatic N) is 1. The highest BCUT2D eigenvalue weighted by molar-refractivity contribution is 5.85. The second kappa shape index (κ2) is 6.61. The van der Waals surface area contributed by atoms with Crippen molar-refractivity contribution >= 4 is 5.97 Å². The van der Waals surface area contributed by atoms with Crippen LogP contribution in [0.25, 0.3) is 0 Å². The highest BCUT2D eigenvalue weighted by atomic mass is 19.1. The molecule has 2 unspecified atom stereocenters. The number of piperidine rings is 1. The number of esters is 1. The Bertz CT molecular complexity index is 790. The number of halogens is 1. The number of hydrogen-bond donors (Lipinski definition) is 0. The third-order valence-electron chi connectivity index (χ3n) is 6.17. The zero-order chi connectivity index (χ0) is 19.1. The first-order valence-corrected chi connectivity index (χ1v) is 9.45. The van der Waals surface area contributed by atoms with E-state index in [1.54, 1.807) is 48.5 Å². The van der Waals surface area contributed by atoms with Gasteiger partial charge in [0.25, 0.3) is 5.67 Å². The molecule has 0 radical (unpaired) electrons. The molecular weight excluding hydrogens is 341 g/mol. The van der Waals surface area contributed by atoms with E-state index < -0.39 is 11.6 Å². The summed E-state index contributed by atoms with van der Waals surface area (Å²) in [4.78, 5) is 13.1. The van der Waals surface area contributed by atoms with Gasteiger partial charge in [0.15, 0.2) is 0 Å². The van der Waals surface area contributed by atoms with Gasteiger partial charge in [-0.1, -0.05) is 60.7 Å². The Labute approximate surface area is 159 Å². The molecule has 2 aliphatic heterocycles. The lowest BCUT2D eigenvalue weighted by molar-refractivity contribution is -0.926. The van der Waals surface area contributed by atoms with Crippen molar-refractivity contribution in [2.45, 2.75) is 36.7 Å². The lowest BCUT2D eigenvalue weighted by atomic mass is 9.88. The molecule has 2 heterocycles. The number of likely N-dealkylation sites (N-methyl/N-ethyl adjacent to an activating group) is 1.